The number of hydrogen-bond donors (Lipinski definition) is 1. The van der Waals surface area contributed by atoms with Crippen LogP contribution < -0.4 is 11.1 Å². The van der Waals surface area contributed by atoms with Crippen molar-refractivity contribution in [3.63, 3.8) is 0 Å². The lowest BCUT2D eigenvalue weighted by atomic mass is 9.98. The summed E-state index contributed by atoms with van der Waals surface area (Å²) in [4.78, 5) is 26.5. The molecule has 1 amide bonds. The molecule has 6 nitrogen and oxygen atoms in total. The highest BCUT2D eigenvalue weighted by Gasteiger charge is 2.15. The third kappa shape index (κ3) is 5.63. The predicted octanol–water partition coefficient (Wildman–Crippen LogP) is 3.75. The molecular weight excluding hydrogens is 413 g/mol. The summed E-state index contributed by atoms with van der Waals surface area (Å²) in [7, 11) is 3.99. The van der Waals surface area contributed by atoms with Gasteiger partial charge in [0.2, 0.25) is 5.91 Å². The van der Waals surface area contributed by atoms with Crippen molar-refractivity contribution in [3.05, 3.63) is 68.6 Å². The van der Waals surface area contributed by atoms with Gasteiger partial charge in [0.25, 0.3) is 0 Å². The van der Waals surface area contributed by atoms with Gasteiger partial charge in [-0.15, -0.1) is 0 Å². The van der Waals surface area contributed by atoms with Crippen LogP contribution in [0.25, 0.3) is 11.1 Å². The van der Waals surface area contributed by atoms with E-state index in [1.807, 2.05) is 38.4 Å². The van der Waals surface area contributed by atoms with Gasteiger partial charge in [0.15, 0.2) is 5.58 Å². The monoisotopic (exact) mass is 435 g/mol. The van der Waals surface area contributed by atoms with Crippen LogP contribution >= 0.6 is 23.2 Å². The first-order valence-electron chi connectivity index (χ1n) is 9.29. The van der Waals surface area contributed by atoms with E-state index >= 15 is 0 Å². The number of hydrogen-bond acceptors (Lipinski definition) is 4. The first kappa shape index (κ1) is 21.4. The molecule has 1 aromatic heterocycles. The summed E-state index contributed by atoms with van der Waals surface area (Å²) in [6.45, 7) is 1.52. The topological polar surface area (TPSA) is 67.5 Å². The number of aromatic nitrogens is 1. The van der Waals surface area contributed by atoms with Crippen molar-refractivity contribution in [1.82, 2.24) is 14.8 Å². The fourth-order valence-electron chi connectivity index (χ4n) is 3.25. The maximum absolute atomic E-state index is 12.4. The Bertz CT molecular complexity index is 1040. The Balaban J connectivity index is 1.62. The molecular formula is C21H23Cl2N3O3. The number of nitrogens with zero attached hydrogens (tertiary/aromatic N) is 2. The smallest absolute Gasteiger partial charge is 0.408 e. The molecule has 0 radical (unpaired) electrons. The van der Waals surface area contributed by atoms with Crippen molar-refractivity contribution in [3.8, 4) is 0 Å². The Morgan fingerprint density at radius 2 is 1.83 bits per heavy atom. The van der Waals surface area contributed by atoms with E-state index < -0.39 is 5.76 Å². The molecule has 0 aliphatic heterocycles. The van der Waals surface area contributed by atoms with Crippen LogP contribution in [0.3, 0.4) is 0 Å². The van der Waals surface area contributed by atoms with Crippen LogP contribution in [0.5, 0.6) is 0 Å². The highest BCUT2D eigenvalue weighted by atomic mass is 35.5. The molecule has 0 spiro atoms. The summed E-state index contributed by atoms with van der Waals surface area (Å²) in [5.74, 6) is -0.495. The largest absolute Gasteiger partial charge is 0.419 e. The van der Waals surface area contributed by atoms with E-state index in [0.717, 1.165) is 12.1 Å². The maximum Gasteiger partial charge on any atom is 0.419 e. The third-order valence-electron chi connectivity index (χ3n) is 4.67. The van der Waals surface area contributed by atoms with Crippen LogP contribution in [0, 0.1) is 0 Å². The van der Waals surface area contributed by atoms with Crippen molar-refractivity contribution in [1.29, 1.82) is 0 Å². The molecule has 0 saturated heterocycles. The lowest BCUT2D eigenvalue weighted by molar-refractivity contribution is -0.121. The van der Waals surface area contributed by atoms with Crippen molar-refractivity contribution in [2.45, 2.75) is 18.9 Å². The molecule has 1 N–H and O–H groups in total. The van der Waals surface area contributed by atoms with Crippen LogP contribution in [-0.4, -0.2) is 42.6 Å². The molecule has 0 aliphatic carbocycles. The Kier molecular flexibility index (Phi) is 7.00. The zero-order valence-corrected chi connectivity index (χ0v) is 17.8. The van der Waals surface area contributed by atoms with E-state index in [0.29, 0.717) is 27.7 Å². The lowest BCUT2D eigenvalue weighted by Gasteiger charge is -2.22. The maximum atomic E-state index is 12.4. The third-order valence-corrected chi connectivity index (χ3v) is 5.15. The minimum absolute atomic E-state index is 0.127. The van der Waals surface area contributed by atoms with Crippen LogP contribution in [0.15, 0.2) is 51.7 Å². The Labute approximate surface area is 179 Å². The van der Waals surface area contributed by atoms with Crippen LogP contribution in [0.4, 0.5) is 0 Å². The van der Waals surface area contributed by atoms with Crippen molar-refractivity contribution >= 4 is 40.2 Å². The van der Waals surface area contributed by atoms with Gasteiger partial charge >= 0.3 is 5.76 Å². The Morgan fingerprint density at radius 3 is 2.52 bits per heavy atom. The van der Waals surface area contributed by atoms with Gasteiger partial charge in [-0.2, -0.15) is 0 Å². The molecule has 0 aliphatic rings. The van der Waals surface area contributed by atoms with Crippen LogP contribution in [0.2, 0.25) is 10.0 Å². The molecule has 29 heavy (non-hydrogen) atoms. The van der Waals surface area contributed by atoms with Gasteiger partial charge in [-0.1, -0.05) is 35.3 Å². The van der Waals surface area contributed by atoms with E-state index in [9.17, 15) is 9.59 Å². The van der Waals surface area contributed by atoms with E-state index in [4.69, 9.17) is 27.6 Å². The molecule has 3 rings (SSSR count). The van der Waals surface area contributed by atoms with Gasteiger partial charge in [-0.3, -0.25) is 9.36 Å². The summed E-state index contributed by atoms with van der Waals surface area (Å²) in [6.07, 6.45) is 0.173. The second kappa shape index (κ2) is 9.48. The summed E-state index contributed by atoms with van der Waals surface area (Å²) >= 11 is 11.9. The van der Waals surface area contributed by atoms with E-state index in [1.165, 1.54) is 4.57 Å². The Morgan fingerprint density at radius 1 is 1.14 bits per heavy atom. The normalized spacial score (nSPS) is 12.4. The van der Waals surface area contributed by atoms with Gasteiger partial charge in [0.05, 0.1) is 5.52 Å². The molecule has 0 fully saturated rings. The molecule has 3 aromatic rings. The minimum Gasteiger partial charge on any atom is -0.408 e. The van der Waals surface area contributed by atoms with Crippen molar-refractivity contribution < 1.29 is 9.21 Å². The van der Waals surface area contributed by atoms with Gasteiger partial charge in [-0.05, 0) is 43.9 Å². The number of amides is 1. The Hall–Kier alpha value is -2.28. The first-order valence-corrected chi connectivity index (χ1v) is 10.0. The average Bonchev–Trinajstić information content (AvgIpc) is 2.98. The summed E-state index contributed by atoms with van der Waals surface area (Å²) in [6, 6.07) is 12.7. The van der Waals surface area contributed by atoms with Gasteiger partial charge < -0.3 is 14.6 Å². The number of oxazole rings is 1. The molecule has 1 unspecified atom stereocenters. The first-order chi connectivity index (χ1) is 13.8. The summed E-state index contributed by atoms with van der Waals surface area (Å²) < 4.78 is 6.64. The van der Waals surface area contributed by atoms with Gasteiger partial charge in [0, 0.05) is 48.1 Å². The quantitative estimate of drug-likeness (QED) is 0.584. The minimum atomic E-state index is -0.498. The number of benzene rings is 2. The molecule has 8 heteroatoms. The highest BCUT2D eigenvalue weighted by molar-refractivity contribution is 6.31. The number of nitrogens with one attached hydrogen (secondary N) is 1. The number of rotatable bonds is 8. The number of likely N-dealkylation sites (N-methyl/N-ethyl adjacent to an activating group) is 1. The van der Waals surface area contributed by atoms with Crippen LogP contribution in [-0.2, 0) is 11.3 Å². The number of fused-ring (bicyclic) bond motifs is 1. The molecule has 154 valence electrons. The summed E-state index contributed by atoms with van der Waals surface area (Å²) in [5, 5.41) is 4.15. The van der Waals surface area contributed by atoms with Crippen LogP contribution in [0.1, 0.15) is 17.9 Å². The SMILES string of the molecule is CN(C)CC(CNC(=O)CCn1c(=O)oc2cc(Cl)ccc21)c1ccc(Cl)cc1. The fraction of sp³-hybridized carbons (Fsp3) is 0.333. The highest BCUT2D eigenvalue weighted by Crippen LogP contribution is 2.20. The van der Waals surface area contributed by atoms with Crippen molar-refractivity contribution in [2.75, 3.05) is 27.2 Å². The number of halogens is 2. The second-order valence-corrected chi connectivity index (χ2v) is 8.07. The lowest BCUT2D eigenvalue weighted by Crippen LogP contribution is -2.33. The van der Waals surface area contributed by atoms with Crippen molar-refractivity contribution in [2.24, 2.45) is 0 Å². The van der Waals surface area contributed by atoms with Gasteiger partial charge in [0.1, 0.15) is 0 Å². The zero-order valence-electron chi connectivity index (χ0n) is 16.3. The zero-order chi connectivity index (χ0) is 21.0. The average molecular weight is 436 g/mol. The standard InChI is InChI=1S/C21H23Cl2N3O3/c1-25(2)13-15(14-3-5-16(22)6-4-14)12-24-20(27)9-10-26-18-8-7-17(23)11-19(18)29-21(26)28/h3-8,11,15H,9-10,12-13H2,1-2H3,(H,24,27). The number of carbonyl (C=O) groups is 1. The fourth-order valence-corrected chi connectivity index (χ4v) is 3.54. The predicted molar refractivity (Wildman–Crippen MR) is 116 cm³/mol. The second-order valence-electron chi connectivity index (χ2n) is 7.20. The van der Waals surface area contributed by atoms with E-state index in [-0.39, 0.29) is 24.8 Å². The number of carbonyl (C=O) groups excluding carboxylic acids is 1. The molecule has 0 bridgehead atoms. The summed E-state index contributed by atoms with van der Waals surface area (Å²) in [5.41, 5.74) is 2.15. The molecule has 0 saturated carbocycles. The van der Waals surface area contributed by atoms with E-state index in [1.54, 1.807) is 18.2 Å². The molecule has 2 aromatic carbocycles. The molecule has 1 atom stereocenters. The number of aryl methyl sites for hydroxylation is 1. The van der Waals surface area contributed by atoms with E-state index in [2.05, 4.69) is 10.2 Å². The van der Waals surface area contributed by atoms with Gasteiger partial charge in [-0.25, -0.2) is 4.79 Å². The molecule has 1 heterocycles.